The Bertz CT molecular complexity index is 137. The Morgan fingerprint density at radius 3 is 2.50 bits per heavy atom. The number of nitrogens with two attached hydrogens (primary N) is 1. The van der Waals surface area contributed by atoms with Crippen LogP contribution in [-0.4, -0.2) is 18.6 Å². The third kappa shape index (κ3) is 6.12. The van der Waals surface area contributed by atoms with Gasteiger partial charge in [-0.2, -0.15) is 0 Å². The molecule has 0 saturated carbocycles. The molecule has 0 fully saturated rings. The van der Waals surface area contributed by atoms with Gasteiger partial charge in [-0.1, -0.05) is 13.8 Å². The van der Waals surface area contributed by atoms with Crippen molar-refractivity contribution in [3.05, 3.63) is 0 Å². The average molecular weight is 174 g/mol. The summed E-state index contributed by atoms with van der Waals surface area (Å²) in [5.41, 5.74) is 2.01. The van der Waals surface area contributed by atoms with Gasteiger partial charge in [-0.05, 0) is 19.3 Å². The second kappa shape index (κ2) is 5.97. The molecule has 0 saturated heterocycles. The number of hydrogen-bond donors (Lipinski definition) is 2. The van der Waals surface area contributed by atoms with E-state index in [-0.39, 0.29) is 18.6 Å². The maximum absolute atomic E-state index is 10.6. The fourth-order valence-electron chi connectivity index (χ4n) is 0.992. The van der Waals surface area contributed by atoms with E-state index < -0.39 is 0 Å². The molecule has 1 amide bonds. The first-order valence-corrected chi connectivity index (χ1v) is 4.17. The lowest BCUT2D eigenvalue weighted by Crippen LogP contribution is -2.34. The summed E-state index contributed by atoms with van der Waals surface area (Å²) in [7, 11) is 0. The first-order valence-electron chi connectivity index (χ1n) is 4.17. The lowest BCUT2D eigenvalue weighted by Gasteiger charge is -2.13. The van der Waals surface area contributed by atoms with Crippen molar-refractivity contribution in [3.8, 4) is 0 Å². The number of rotatable bonds is 5. The minimum absolute atomic E-state index is 0.0460. The monoisotopic (exact) mass is 174 g/mol. The molecule has 0 spiro atoms. The van der Waals surface area contributed by atoms with E-state index >= 15 is 0 Å². The summed E-state index contributed by atoms with van der Waals surface area (Å²) in [6, 6.07) is 0. The average Bonchev–Trinajstić information content (AvgIpc) is 1.99. The van der Waals surface area contributed by atoms with Crippen LogP contribution in [0.15, 0.2) is 0 Å². The van der Waals surface area contributed by atoms with Crippen LogP contribution in [0.1, 0.15) is 27.2 Å². The van der Waals surface area contributed by atoms with Gasteiger partial charge in [-0.25, -0.2) is 5.84 Å². The minimum Gasteiger partial charge on any atom is -0.369 e. The van der Waals surface area contributed by atoms with Crippen LogP contribution in [0.3, 0.4) is 0 Å². The normalized spacial score (nSPS) is 13.1. The molecule has 0 aliphatic heterocycles. The highest BCUT2D eigenvalue weighted by Crippen LogP contribution is 2.06. The van der Waals surface area contributed by atoms with E-state index in [9.17, 15) is 4.79 Å². The van der Waals surface area contributed by atoms with E-state index in [4.69, 9.17) is 10.6 Å². The predicted octanol–water partition coefficient (Wildman–Crippen LogP) is 0.427. The Morgan fingerprint density at radius 2 is 2.08 bits per heavy atom. The van der Waals surface area contributed by atoms with Crippen LogP contribution >= 0.6 is 0 Å². The van der Waals surface area contributed by atoms with E-state index in [0.29, 0.717) is 5.92 Å². The van der Waals surface area contributed by atoms with Gasteiger partial charge in [0.05, 0.1) is 6.10 Å². The number of hydrazine groups is 1. The summed E-state index contributed by atoms with van der Waals surface area (Å²) >= 11 is 0. The Hall–Kier alpha value is -0.610. The molecule has 1 unspecified atom stereocenters. The van der Waals surface area contributed by atoms with Crippen molar-refractivity contribution in [2.45, 2.75) is 33.3 Å². The molecule has 0 heterocycles. The largest absolute Gasteiger partial charge is 0.369 e. The molecule has 0 radical (unpaired) electrons. The lowest BCUT2D eigenvalue weighted by molar-refractivity contribution is -0.127. The highest BCUT2D eigenvalue weighted by Gasteiger charge is 2.06. The summed E-state index contributed by atoms with van der Waals surface area (Å²) in [5.74, 6) is 5.18. The van der Waals surface area contributed by atoms with Crippen LogP contribution in [0.25, 0.3) is 0 Å². The van der Waals surface area contributed by atoms with Crippen molar-refractivity contribution in [1.29, 1.82) is 0 Å². The quantitative estimate of drug-likeness (QED) is 0.361. The molecule has 0 aromatic rings. The zero-order chi connectivity index (χ0) is 9.56. The standard InChI is InChI=1S/C8H18N2O2/c1-6(2)4-7(3)12-5-8(11)10-9/h6-7H,4-5,9H2,1-3H3,(H,10,11). The number of hydrogen-bond acceptors (Lipinski definition) is 3. The second-order valence-corrected chi connectivity index (χ2v) is 3.32. The van der Waals surface area contributed by atoms with Crippen LogP contribution in [-0.2, 0) is 9.53 Å². The van der Waals surface area contributed by atoms with Crippen LogP contribution in [0.4, 0.5) is 0 Å². The molecule has 4 nitrogen and oxygen atoms in total. The summed E-state index contributed by atoms with van der Waals surface area (Å²) in [6.07, 6.45) is 1.07. The molecule has 1 atom stereocenters. The van der Waals surface area contributed by atoms with Crippen molar-refractivity contribution in [1.82, 2.24) is 5.43 Å². The van der Waals surface area contributed by atoms with E-state index in [0.717, 1.165) is 6.42 Å². The van der Waals surface area contributed by atoms with Gasteiger partial charge in [-0.3, -0.25) is 10.2 Å². The third-order valence-corrected chi connectivity index (χ3v) is 1.46. The summed E-state index contributed by atoms with van der Waals surface area (Å²) in [5, 5.41) is 0. The number of nitrogens with one attached hydrogen (secondary N) is 1. The maximum Gasteiger partial charge on any atom is 0.259 e. The number of carbonyl (C=O) groups excluding carboxylic acids is 1. The molecule has 72 valence electrons. The van der Waals surface area contributed by atoms with Gasteiger partial charge in [0.1, 0.15) is 6.61 Å². The summed E-state index contributed by atoms with van der Waals surface area (Å²) in [4.78, 5) is 10.6. The van der Waals surface area contributed by atoms with Crippen LogP contribution in [0.5, 0.6) is 0 Å². The molecule has 3 N–H and O–H groups in total. The van der Waals surface area contributed by atoms with Crippen molar-refractivity contribution in [2.24, 2.45) is 11.8 Å². The second-order valence-electron chi connectivity index (χ2n) is 3.32. The van der Waals surface area contributed by atoms with Gasteiger partial charge < -0.3 is 4.74 Å². The third-order valence-electron chi connectivity index (χ3n) is 1.46. The Kier molecular flexibility index (Phi) is 5.66. The Labute approximate surface area is 73.4 Å². The van der Waals surface area contributed by atoms with Gasteiger partial charge in [0.2, 0.25) is 0 Å². The van der Waals surface area contributed by atoms with Crippen molar-refractivity contribution < 1.29 is 9.53 Å². The molecule has 0 aromatic carbocycles. The molecular formula is C8H18N2O2. The van der Waals surface area contributed by atoms with Crippen molar-refractivity contribution in [3.63, 3.8) is 0 Å². The predicted molar refractivity (Wildman–Crippen MR) is 47.2 cm³/mol. The topological polar surface area (TPSA) is 64.3 Å². The first-order chi connectivity index (χ1) is 5.56. The number of ether oxygens (including phenoxy) is 1. The molecular weight excluding hydrogens is 156 g/mol. The highest BCUT2D eigenvalue weighted by molar-refractivity contribution is 5.76. The molecule has 0 aliphatic rings. The first kappa shape index (κ1) is 11.4. The SMILES string of the molecule is CC(C)CC(C)OCC(=O)NN. The van der Waals surface area contributed by atoms with Gasteiger partial charge in [-0.15, -0.1) is 0 Å². The molecule has 0 bridgehead atoms. The molecule has 4 heteroatoms. The lowest BCUT2D eigenvalue weighted by atomic mass is 10.1. The van der Waals surface area contributed by atoms with Crippen LogP contribution in [0.2, 0.25) is 0 Å². The van der Waals surface area contributed by atoms with Gasteiger partial charge in [0.15, 0.2) is 0 Å². The van der Waals surface area contributed by atoms with Crippen molar-refractivity contribution >= 4 is 5.91 Å². The zero-order valence-electron chi connectivity index (χ0n) is 7.96. The number of carbonyl (C=O) groups is 1. The fourth-order valence-corrected chi connectivity index (χ4v) is 0.992. The van der Waals surface area contributed by atoms with Gasteiger partial charge in [0, 0.05) is 0 Å². The molecule has 0 aliphatic carbocycles. The van der Waals surface area contributed by atoms with E-state index in [1.165, 1.54) is 0 Å². The minimum atomic E-state index is -0.286. The van der Waals surface area contributed by atoms with E-state index in [1.807, 2.05) is 12.3 Å². The van der Waals surface area contributed by atoms with E-state index in [2.05, 4.69) is 13.8 Å². The smallest absolute Gasteiger partial charge is 0.259 e. The zero-order valence-corrected chi connectivity index (χ0v) is 7.96. The van der Waals surface area contributed by atoms with Gasteiger partial charge >= 0.3 is 0 Å². The van der Waals surface area contributed by atoms with Crippen LogP contribution < -0.4 is 11.3 Å². The maximum atomic E-state index is 10.6. The Morgan fingerprint density at radius 1 is 1.50 bits per heavy atom. The Balaban J connectivity index is 3.43. The van der Waals surface area contributed by atoms with Gasteiger partial charge in [0.25, 0.3) is 5.91 Å². The van der Waals surface area contributed by atoms with E-state index in [1.54, 1.807) is 0 Å². The summed E-state index contributed by atoms with van der Waals surface area (Å²) in [6.45, 7) is 6.22. The molecule has 12 heavy (non-hydrogen) atoms. The number of amides is 1. The summed E-state index contributed by atoms with van der Waals surface area (Å²) < 4.78 is 5.21. The highest BCUT2D eigenvalue weighted by atomic mass is 16.5. The molecule has 0 rings (SSSR count). The molecule has 0 aromatic heterocycles. The van der Waals surface area contributed by atoms with Crippen molar-refractivity contribution in [2.75, 3.05) is 6.61 Å². The fraction of sp³-hybridized carbons (Fsp3) is 0.875. The van der Waals surface area contributed by atoms with Crippen LogP contribution in [0, 0.1) is 5.92 Å².